The van der Waals surface area contributed by atoms with Crippen molar-refractivity contribution in [3.63, 3.8) is 0 Å². The molecule has 0 amide bonds. The van der Waals surface area contributed by atoms with Crippen molar-refractivity contribution in [2.45, 2.75) is 0 Å². The van der Waals surface area contributed by atoms with Gasteiger partial charge in [-0.2, -0.15) is 0 Å². The molecule has 258 valence electrons. The van der Waals surface area contributed by atoms with Crippen molar-refractivity contribution in [1.29, 1.82) is 0 Å². The third kappa shape index (κ3) is 5.16. The largest absolute Gasteiger partial charge is 0.455 e. The zero-order valence-electron chi connectivity index (χ0n) is 29.8. The van der Waals surface area contributed by atoms with Crippen LogP contribution in [0.5, 0.6) is 0 Å². The van der Waals surface area contributed by atoms with E-state index in [2.05, 4.69) is 205 Å². The first-order valence-corrected chi connectivity index (χ1v) is 19.5. The molecule has 0 spiro atoms. The highest BCUT2D eigenvalue weighted by atomic mass is 32.1. The Balaban J connectivity index is 1.20. The Bertz CT molecular complexity index is 3190. The van der Waals surface area contributed by atoms with Crippen LogP contribution >= 0.6 is 11.3 Å². The Morgan fingerprint density at radius 3 is 1.80 bits per heavy atom. The average molecular weight is 720 g/mol. The number of thiophene rings is 1. The quantitative estimate of drug-likeness (QED) is 0.170. The molecule has 0 atom stereocenters. The monoisotopic (exact) mass is 719 g/mol. The van der Waals surface area contributed by atoms with Gasteiger partial charge in [-0.1, -0.05) is 164 Å². The molecule has 0 N–H and O–H groups in total. The molecule has 2 nitrogen and oxygen atoms in total. The lowest BCUT2D eigenvalue weighted by atomic mass is 9.97. The van der Waals surface area contributed by atoms with E-state index in [-0.39, 0.29) is 0 Å². The summed E-state index contributed by atoms with van der Waals surface area (Å²) in [5.74, 6) is 0. The van der Waals surface area contributed by atoms with Gasteiger partial charge in [-0.05, 0) is 75.0 Å². The first-order chi connectivity index (χ1) is 27.3. The Hall–Kier alpha value is -6.94. The maximum absolute atomic E-state index is 6.81. The van der Waals surface area contributed by atoms with Gasteiger partial charge in [0.15, 0.2) is 0 Å². The number of para-hydroxylation sites is 1. The van der Waals surface area contributed by atoms with Crippen LogP contribution in [0.4, 0.5) is 17.1 Å². The van der Waals surface area contributed by atoms with Crippen molar-refractivity contribution in [3.8, 4) is 33.4 Å². The van der Waals surface area contributed by atoms with Crippen LogP contribution in [0.2, 0.25) is 0 Å². The number of nitrogens with zero attached hydrogens (tertiary/aromatic N) is 1. The zero-order valence-corrected chi connectivity index (χ0v) is 30.6. The van der Waals surface area contributed by atoms with E-state index in [1.54, 1.807) is 0 Å². The molecule has 0 aliphatic carbocycles. The van der Waals surface area contributed by atoms with Gasteiger partial charge >= 0.3 is 0 Å². The minimum Gasteiger partial charge on any atom is -0.455 e. The van der Waals surface area contributed by atoms with Crippen LogP contribution in [-0.4, -0.2) is 0 Å². The summed E-state index contributed by atoms with van der Waals surface area (Å²) in [6.07, 6.45) is 0. The SMILES string of the molecule is c1ccc(-c2cccc3c2oc2cccc(N(c4ccc(-c5cccc6ccccc56)cc4)c4ccc(-c5ccccc5)c5sc6ccccc6c45)c23)cc1. The maximum atomic E-state index is 6.81. The van der Waals surface area contributed by atoms with Crippen LogP contribution in [0.25, 0.3) is 86.3 Å². The molecule has 0 fully saturated rings. The van der Waals surface area contributed by atoms with Crippen LogP contribution in [0.15, 0.2) is 205 Å². The number of anilines is 3. The first kappa shape index (κ1) is 31.6. The molecule has 0 saturated carbocycles. The second-order valence-electron chi connectivity index (χ2n) is 14.0. The summed E-state index contributed by atoms with van der Waals surface area (Å²) in [7, 11) is 0. The molecule has 0 bridgehead atoms. The predicted octanol–water partition coefficient (Wildman–Crippen LogP) is 15.6. The minimum atomic E-state index is 0.862. The van der Waals surface area contributed by atoms with Crippen molar-refractivity contribution in [2.24, 2.45) is 0 Å². The Morgan fingerprint density at radius 2 is 0.982 bits per heavy atom. The molecule has 0 radical (unpaired) electrons. The Morgan fingerprint density at radius 1 is 0.382 bits per heavy atom. The summed E-state index contributed by atoms with van der Waals surface area (Å²) in [6, 6.07) is 72.0. The lowest BCUT2D eigenvalue weighted by molar-refractivity contribution is 0.670. The Kier molecular flexibility index (Phi) is 7.39. The molecule has 0 unspecified atom stereocenters. The summed E-state index contributed by atoms with van der Waals surface area (Å²) in [5.41, 5.74) is 12.1. The summed E-state index contributed by atoms with van der Waals surface area (Å²) in [5, 5.41) is 7.17. The molecule has 0 saturated heterocycles. The van der Waals surface area contributed by atoms with Gasteiger partial charge in [-0.3, -0.25) is 0 Å². The standard InChI is InChI=1S/C52H33NOS/c1-3-14-35(15-4-1)41-23-12-24-44-49-45(25-13-26-47(49)54-51(41)44)53(38-30-28-37(29-31-38)40-22-11-19-34-18-7-8-20-39(34)40)46-33-32-42(36-16-5-2-6-17-36)52-50(46)43-21-9-10-27-48(43)55-52/h1-33H. The van der Waals surface area contributed by atoms with E-state index in [9.17, 15) is 0 Å². The summed E-state index contributed by atoms with van der Waals surface area (Å²) < 4.78 is 9.36. The van der Waals surface area contributed by atoms with Crippen molar-refractivity contribution in [2.75, 3.05) is 4.90 Å². The molecule has 3 heteroatoms. The molecule has 11 aromatic rings. The minimum absolute atomic E-state index is 0.862. The van der Waals surface area contributed by atoms with Crippen LogP contribution in [0.1, 0.15) is 0 Å². The highest BCUT2D eigenvalue weighted by molar-refractivity contribution is 7.26. The smallest absolute Gasteiger partial charge is 0.143 e. The molecular formula is C52H33NOS. The second-order valence-corrected chi connectivity index (χ2v) is 15.1. The van der Waals surface area contributed by atoms with Crippen molar-refractivity contribution >= 4 is 81.3 Å². The van der Waals surface area contributed by atoms with Crippen molar-refractivity contribution in [1.82, 2.24) is 0 Å². The topological polar surface area (TPSA) is 16.4 Å². The van der Waals surface area contributed by atoms with Gasteiger partial charge in [0.1, 0.15) is 11.2 Å². The van der Waals surface area contributed by atoms with Gasteiger partial charge in [0.25, 0.3) is 0 Å². The highest BCUT2D eigenvalue weighted by Gasteiger charge is 2.25. The fraction of sp³-hybridized carbons (Fsp3) is 0. The number of hydrogen-bond acceptors (Lipinski definition) is 3. The number of hydrogen-bond donors (Lipinski definition) is 0. The third-order valence-corrected chi connectivity index (χ3v) is 12.1. The van der Waals surface area contributed by atoms with Gasteiger partial charge in [0.05, 0.1) is 16.8 Å². The second kappa shape index (κ2) is 12.9. The van der Waals surface area contributed by atoms with Crippen LogP contribution < -0.4 is 4.90 Å². The number of fused-ring (bicyclic) bond motifs is 7. The number of benzene rings is 9. The van der Waals surface area contributed by atoms with Gasteiger partial charge in [0.2, 0.25) is 0 Å². The summed E-state index contributed by atoms with van der Waals surface area (Å²) in [4.78, 5) is 2.45. The van der Waals surface area contributed by atoms with E-state index in [0.29, 0.717) is 0 Å². The van der Waals surface area contributed by atoms with Gasteiger partial charge in [0, 0.05) is 36.8 Å². The summed E-state index contributed by atoms with van der Waals surface area (Å²) in [6.45, 7) is 0. The van der Waals surface area contributed by atoms with Crippen LogP contribution in [-0.2, 0) is 0 Å². The molecule has 2 heterocycles. The maximum Gasteiger partial charge on any atom is 0.143 e. The summed E-state index contributed by atoms with van der Waals surface area (Å²) >= 11 is 1.87. The lowest BCUT2D eigenvalue weighted by Gasteiger charge is -2.28. The van der Waals surface area contributed by atoms with E-state index < -0.39 is 0 Å². The molecule has 2 aromatic heterocycles. The molecule has 0 aliphatic heterocycles. The lowest BCUT2D eigenvalue weighted by Crippen LogP contribution is -2.11. The molecule has 9 aromatic carbocycles. The van der Waals surface area contributed by atoms with Gasteiger partial charge in [-0.15, -0.1) is 11.3 Å². The number of rotatable bonds is 6. The predicted molar refractivity (Wildman–Crippen MR) is 235 cm³/mol. The number of furan rings is 1. The highest BCUT2D eigenvalue weighted by Crippen LogP contribution is 2.51. The normalized spacial score (nSPS) is 11.6. The van der Waals surface area contributed by atoms with Crippen LogP contribution in [0.3, 0.4) is 0 Å². The van der Waals surface area contributed by atoms with E-state index in [1.165, 1.54) is 53.2 Å². The van der Waals surface area contributed by atoms with E-state index in [4.69, 9.17) is 4.42 Å². The zero-order chi connectivity index (χ0) is 36.3. The van der Waals surface area contributed by atoms with Crippen LogP contribution in [0, 0.1) is 0 Å². The average Bonchev–Trinajstić information content (AvgIpc) is 3.84. The first-order valence-electron chi connectivity index (χ1n) is 18.7. The van der Waals surface area contributed by atoms with E-state index >= 15 is 0 Å². The fourth-order valence-electron chi connectivity index (χ4n) is 8.38. The van der Waals surface area contributed by atoms with E-state index in [0.717, 1.165) is 50.1 Å². The van der Waals surface area contributed by atoms with E-state index in [1.807, 2.05) is 11.3 Å². The Labute approximate surface area is 322 Å². The van der Waals surface area contributed by atoms with Gasteiger partial charge < -0.3 is 9.32 Å². The fourth-order valence-corrected chi connectivity index (χ4v) is 9.64. The molecule has 0 aliphatic rings. The third-order valence-electron chi connectivity index (χ3n) is 10.9. The molecular weight excluding hydrogens is 687 g/mol. The van der Waals surface area contributed by atoms with Crippen molar-refractivity contribution in [3.05, 3.63) is 200 Å². The molecule has 55 heavy (non-hydrogen) atoms. The van der Waals surface area contributed by atoms with Gasteiger partial charge in [-0.25, -0.2) is 0 Å². The molecule has 11 rings (SSSR count). The van der Waals surface area contributed by atoms with Crippen molar-refractivity contribution < 1.29 is 4.42 Å².